The van der Waals surface area contributed by atoms with Crippen molar-refractivity contribution in [2.75, 3.05) is 33.2 Å². The van der Waals surface area contributed by atoms with E-state index in [1.165, 1.54) is 0 Å². The molecule has 0 aliphatic carbocycles. The fourth-order valence-corrected chi connectivity index (χ4v) is 4.94. The number of hydrogen-bond donors (Lipinski definition) is 1. The van der Waals surface area contributed by atoms with Gasteiger partial charge in [0.15, 0.2) is 5.78 Å². The van der Waals surface area contributed by atoms with Crippen LogP contribution in [-0.4, -0.2) is 70.2 Å². The topological polar surface area (TPSA) is 78.1 Å². The molecule has 3 heterocycles. The van der Waals surface area contributed by atoms with Crippen LogP contribution in [0.2, 0.25) is 5.02 Å². The molecule has 1 fully saturated rings. The average Bonchev–Trinajstić information content (AvgIpc) is 3.20. The SMILES string of the molecule is CN1CCC(=NO)c2ccn(CCCCN3CCC(C(=O)c4ccc(Cl)cc4)CC3)c2C1=O. The Kier molecular flexibility index (Phi) is 7.50. The summed E-state index contributed by atoms with van der Waals surface area (Å²) in [5.41, 5.74) is 2.67. The molecular formula is C25H31ClN4O3. The van der Waals surface area contributed by atoms with Crippen LogP contribution < -0.4 is 0 Å². The summed E-state index contributed by atoms with van der Waals surface area (Å²) in [5, 5.41) is 13.4. The van der Waals surface area contributed by atoms with Gasteiger partial charge >= 0.3 is 0 Å². The smallest absolute Gasteiger partial charge is 0.270 e. The summed E-state index contributed by atoms with van der Waals surface area (Å²) in [6, 6.07) is 9.06. The van der Waals surface area contributed by atoms with E-state index in [0.717, 1.165) is 63.0 Å². The molecule has 33 heavy (non-hydrogen) atoms. The van der Waals surface area contributed by atoms with Gasteiger partial charge in [-0.25, -0.2) is 0 Å². The maximum Gasteiger partial charge on any atom is 0.270 e. The van der Waals surface area contributed by atoms with Crippen molar-refractivity contribution in [3.05, 3.63) is 58.4 Å². The highest BCUT2D eigenvalue weighted by atomic mass is 35.5. The van der Waals surface area contributed by atoms with E-state index in [2.05, 4.69) is 10.1 Å². The number of oxime groups is 1. The number of amides is 1. The van der Waals surface area contributed by atoms with Gasteiger partial charge in [-0.3, -0.25) is 9.59 Å². The van der Waals surface area contributed by atoms with E-state index in [4.69, 9.17) is 11.6 Å². The van der Waals surface area contributed by atoms with Crippen molar-refractivity contribution in [1.29, 1.82) is 0 Å². The van der Waals surface area contributed by atoms with E-state index in [-0.39, 0.29) is 17.6 Å². The van der Waals surface area contributed by atoms with Gasteiger partial charge in [-0.1, -0.05) is 16.8 Å². The Bertz CT molecular complexity index is 1020. The standard InChI is InChI=1S/C25H31ClN4O3/c1-28-14-11-22(27-33)21-10-17-30(23(21)25(28)32)13-3-2-12-29-15-8-19(9-16-29)24(31)18-4-6-20(26)7-5-18/h4-7,10,17,19,33H,2-3,8-9,11-16H2,1H3. The van der Waals surface area contributed by atoms with E-state index in [9.17, 15) is 14.8 Å². The Labute approximate surface area is 199 Å². The quantitative estimate of drug-likeness (QED) is 0.285. The predicted octanol–water partition coefficient (Wildman–Crippen LogP) is 4.17. The number of piperidine rings is 1. The molecule has 0 spiro atoms. The first-order valence-electron chi connectivity index (χ1n) is 11.7. The number of rotatable bonds is 7. The molecule has 0 radical (unpaired) electrons. The first kappa shape index (κ1) is 23.5. The predicted molar refractivity (Wildman–Crippen MR) is 129 cm³/mol. The lowest BCUT2D eigenvalue weighted by Crippen LogP contribution is -2.37. The third-order valence-electron chi connectivity index (χ3n) is 6.84. The number of unbranched alkanes of at least 4 members (excludes halogenated alkanes) is 1. The monoisotopic (exact) mass is 470 g/mol. The van der Waals surface area contributed by atoms with Crippen LogP contribution in [0.5, 0.6) is 0 Å². The molecule has 1 aromatic heterocycles. The van der Waals surface area contributed by atoms with Gasteiger partial charge < -0.3 is 19.6 Å². The van der Waals surface area contributed by atoms with Crippen LogP contribution in [0.25, 0.3) is 0 Å². The Morgan fingerprint density at radius 1 is 1.09 bits per heavy atom. The number of carbonyl (C=O) groups is 2. The highest BCUT2D eigenvalue weighted by molar-refractivity contribution is 6.30. The van der Waals surface area contributed by atoms with E-state index in [1.807, 2.05) is 29.0 Å². The highest BCUT2D eigenvalue weighted by Gasteiger charge is 2.28. The second-order valence-corrected chi connectivity index (χ2v) is 9.43. The Hall–Kier alpha value is -2.64. The first-order chi connectivity index (χ1) is 16.0. The number of carbonyl (C=O) groups excluding carboxylic acids is 2. The summed E-state index contributed by atoms with van der Waals surface area (Å²) in [4.78, 5) is 29.6. The minimum atomic E-state index is -0.0268. The number of ketones is 1. The fourth-order valence-electron chi connectivity index (χ4n) is 4.81. The second kappa shape index (κ2) is 10.5. The minimum Gasteiger partial charge on any atom is -0.411 e. The zero-order valence-corrected chi connectivity index (χ0v) is 19.8. The summed E-state index contributed by atoms with van der Waals surface area (Å²) in [6.07, 6.45) is 6.21. The molecule has 2 aliphatic rings. The van der Waals surface area contributed by atoms with Gasteiger partial charge in [-0.15, -0.1) is 0 Å². The summed E-state index contributed by atoms with van der Waals surface area (Å²) in [7, 11) is 1.78. The van der Waals surface area contributed by atoms with E-state index >= 15 is 0 Å². The molecule has 7 nitrogen and oxygen atoms in total. The molecule has 1 aromatic carbocycles. The number of aryl methyl sites for hydroxylation is 1. The number of aromatic nitrogens is 1. The van der Waals surface area contributed by atoms with Gasteiger partial charge in [0.1, 0.15) is 5.69 Å². The summed E-state index contributed by atoms with van der Waals surface area (Å²) < 4.78 is 1.99. The van der Waals surface area contributed by atoms with Crippen LogP contribution in [0.1, 0.15) is 58.5 Å². The zero-order valence-electron chi connectivity index (χ0n) is 19.0. The van der Waals surface area contributed by atoms with Crippen LogP contribution in [0.15, 0.2) is 41.7 Å². The molecule has 8 heteroatoms. The lowest BCUT2D eigenvalue weighted by atomic mass is 9.89. The Morgan fingerprint density at radius 2 is 1.79 bits per heavy atom. The number of benzene rings is 1. The highest BCUT2D eigenvalue weighted by Crippen LogP contribution is 2.24. The molecule has 1 saturated heterocycles. The van der Waals surface area contributed by atoms with Crippen LogP contribution in [0.3, 0.4) is 0 Å². The third kappa shape index (κ3) is 5.31. The summed E-state index contributed by atoms with van der Waals surface area (Å²) >= 11 is 5.93. The van der Waals surface area contributed by atoms with Crippen LogP contribution in [0.4, 0.5) is 0 Å². The molecule has 0 bridgehead atoms. The normalized spacial score (nSPS) is 19.0. The molecule has 0 atom stereocenters. The van der Waals surface area contributed by atoms with Crippen LogP contribution in [-0.2, 0) is 6.54 Å². The number of nitrogens with zero attached hydrogens (tertiary/aromatic N) is 4. The lowest BCUT2D eigenvalue weighted by Gasteiger charge is -2.31. The van der Waals surface area contributed by atoms with E-state index in [1.54, 1.807) is 24.1 Å². The van der Waals surface area contributed by atoms with Crippen molar-refractivity contribution in [1.82, 2.24) is 14.4 Å². The lowest BCUT2D eigenvalue weighted by molar-refractivity contribution is 0.0788. The van der Waals surface area contributed by atoms with Gasteiger partial charge in [-0.2, -0.15) is 0 Å². The van der Waals surface area contributed by atoms with Crippen molar-refractivity contribution in [2.45, 2.75) is 38.6 Å². The van der Waals surface area contributed by atoms with Crippen LogP contribution >= 0.6 is 11.6 Å². The molecule has 2 aliphatic heterocycles. The maximum atomic E-state index is 12.8. The van der Waals surface area contributed by atoms with E-state index < -0.39 is 0 Å². The van der Waals surface area contributed by atoms with Gasteiger partial charge in [0.2, 0.25) is 0 Å². The molecule has 176 valence electrons. The molecule has 4 rings (SSSR count). The van der Waals surface area contributed by atoms with Crippen LogP contribution in [0, 0.1) is 5.92 Å². The number of Topliss-reactive ketones (excluding diaryl/α,β-unsaturated/α-hetero) is 1. The van der Waals surface area contributed by atoms with Crippen molar-refractivity contribution < 1.29 is 14.8 Å². The van der Waals surface area contributed by atoms with Gasteiger partial charge in [0, 0.05) is 54.8 Å². The molecule has 0 saturated carbocycles. The van der Waals surface area contributed by atoms with Crippen molar-refractivity contribution in [3.63, 3.8) is 0 Å². The van der Waals surface area contributed by atoms with Gasteiger partial charge in [0.25, 0.3) is 5.91 Å². The van der Waals surface area contributed by atoms with Crippen molar-refractivity contribution in [2.24, 2.45) is 11.1 Å². The molecule has 1 N–H and O–H groups in total. The number of halogens is 1. The molecule has 2 aromatic rings. The largest absolute Gasteiger partial charge is 0.411 e. The zero-order chi connectivity index (χ0) is 23.4. The second-order valence-electron chi connectivity index (χ2n) is 8.99. The van der Waals surface area contributed by atoms with Crippen molar-refractivity contribution in [3.8, 4) is 0 Å². The average molecular weight is 471 g/mol. The molecular weight excluding hydrogens is 440 g/mol. The minimum absolute atomic E-state index is 0.0268. The van der Waals surface area contributed by atoms with Gasteiger partial charge in [0.05, 0.1) is 5.71 Å². The summed E-state index contributed by atoms with van der Waals surface area (Å²) in [6.45, 7) is 4.15. The Balaban J connectivity index is 1.25. The Morgan fingerprint density at radius 3 is 2.48 bits per heavy atom. The van der Waals surface area contributed by atoms with Gasteiger partial charge in [-0.05, 0) is 75.6 Å². The summed E-state index contributed by atoms with van der Waals surface area (Å²) in [5.74, 6) is 0.282. The van der Waals surface area contributed by atoms with E-state index in [0.29, 0.717) is 29.4 Å². The van der Waals surface area contributed by atoms with Crippen molar-refractivity contribution >= 4 is 29.0 Å². The maximum absolute atomic E-state index is 12.8. The third-order valence-corrected chi connectivity index (χ3v) is 7.09. The first-order valence-corrected chi connectivity index (χ1v) is 12.0. The number of hydrogen-bond acceptors (Lipinski definition) is 5. The molecule has 0 unspecified atom stereocenters. The number of fused-ring (bicyclic) bond motifs is 1. The number of likely N-dealkylation sites (tertiary alicyclic amines) is 1. The molecule has 1 amide bonds. The fraction of sp³-hybridized carbons (Fsp3) is 0.480.